The Morgan fingerprint density at radius 1 is 1.00 bits per heavy atom. The normalized spacial score (nSPS) is 17.1. The Morgan fingerprint density at radius 3 is 2.40 bits per heavy atom. The molecule has 4 rings (SSSR count). The quantitative estimate of drug-likeness (QED) is 0.794. The van der Waals surface area contributed by atoms with Crippen LogP contribution in [0.2, 0.25) is 0 Å². The van der Waals surface area contributed by atoms with E-state index in [-0.39, 0.29) is 11.8 Å². The van der Waals surface area contributed by atoms with Crippen LogP contribution in [0.1, 0.15) is 49.0 Å². The lowest BCUT2D eigenvalue weighted by atomic mass is 10.0. The molecule has 1 fully saturated rings. The number of nitrogens with zero attached hydrogens (tertiary/aromatic N) is 2. The summed E-state index contributed by atoms with van der Waals surface area (Å²) in [6.07, 6.45) is 4.46. The van der Waals surface area contributed by atoms with Crippen LogP contribution in [0.4, 0.5) is 5.69 Å². The fraction of sp³-hybridized carbons (Fsp3) is 0.440. The number of hydrogen-bond donors (Lipinski definition) is 1. The van der Waals surface area contributed by atoms with Gasteiger partial charge in [-0.15, -0.1) is 0 Å². The summed E-state index contributed by atoms with van der Waals surface area (Å²) in [5, 5.41) is 3.06. The number of amides is 2. The second-order valence-corrected chi connectivity index (χ2v) is 8.48. The van der Waals surface area contributed by atoms with E-state index in [4.69, 9.17) is 0 Å². The third-order valence-corrected chi connectivity index (χ3v) is 6.45. The van der Waals surface area contributed by atoms with E-state index in [1.54, 1.807) is 6.92 Å². The molecule has 0 unspecified atom stereocenters. The van der Waals surface area contributed by atoms with E-state index in [0.717, 1.165) is 36.2 Å². The van der Waals surface area contributed by atoms with E-state index in [0.29, 0.717) is 18.2 Å². The van der Waals surface area contributed by atoms with Crippen LogP contribution >= 0.6 is 0 Å². The van der Waals surface area contributed by atoms with Crippen LogP contribution in [0, 0.1) is 0 Å². The lowest BCUT2D eigenvalue weighted by Crippen LogP contribution is -2.34. The maximum atomic E-state index is 12.5. The molecular weight excluding hydrogens is 374 g/mol. The molecule has 2 aromatic carbocycles. The van der Waals surface area contributed by atoms with Gasteiger partial charge in [-0.1, -0.05) is 18.2 Å². The molecule has 5 heteroatoms. The molecule has 0 aromatic heterocycles. The zero-order chi connectivity index (χ0) is 21.1. The van der Waals surface area contributed by atoms with Gasteiger partial charge in [-0.05, 0) is 86.7 Å². The minimum absolute atomic E-state index is 0.0128. The summed E-state index contributed by atoms with van der Waals surface area (Å²) in [5.41, 5.74) is 5.11. The Balaban J connectivity index is 1.35. The van der Waals surface area contributed by atoms with Crippen LogP contribution in [0.25, 0.3) is 11.1 Å². The van der Waals surface area contributed by atoms with E-state index < -0.39 is 0 Å². The highest BCUT2D eigenvalue weighted by molar-refractivity contribution is 5.95. The fourth-order valence-corrected chi connectivity index (χ4v) is 4.58. The first kappa shape index (κ1) is 20.6. The number of fused-ring (bicyclic) bond motifs is 1. The maximum absolute atomic E-state index is 12.5. The van der Waals surface area contributed by atoms with Gasteiger partial charge in [0.2, 0.25) is 5.91 Å². The Kier molecular flexibility index (Phi) is 6.18. The number of carbonyl (C=O) groups excluding carboxylic acids is 2. The van der Waals surface area contributed by atoms with Crippen molar-refractivity contribution in [2.24, 2.45) is 0 Å². The average Bonchev–Trinajstić information content (AvgIpc) is 3.43. The molecule has 5 nitrogen and oxygen atoms in total. The summed E-state index contributed by atoms with van der Waals surface area (Å²) < 4.78 is 0. The van der Waals surface area contributed by atoms with Crippen molar-refractivity contribution in [3.05, 3.63) is 53.6 Å². The van der Waals surface area contributed by atoms with Crippen molar-refractivity contribution >= 4 is 17.5 Å². The highest BCUT2D eigenvalue weighted by Gasteiger charge is 2.22. The zero-order valence-corrected chi connectivity index (χ0v) is 18.0. The topological polar surface area (TPSA) is 52.7 Å². The third kappa shape index (κ3) is 4.41. The van der Waals surface area contributed by atoms with E-state index in [1.165, 1.54) is 31.5 Å². The molecule has 0 spiro atoms. The Bertz CT molecular complexity index is 916. The lowest BCUT2D eigenvalue weighted by molar-refractivity contribution is -0.116. The van der Waals surface area contributed by atoms with Crippen LogP contribution in [0.5, 0.6) is 0 Å². The average molecular weight is 406 g/mol. The number of likely N-dealkylation sites (tertiary alicyclic amines) is 1. The van der Waals surface area contributed by atoms with Crippen molar-refractivity contribution in [1.29, 1.82) is 0 Å². The predicted octanol–water partition coefficient (Wildman–Crippen LogP) is 3.87. The molecule has 158 valence electrons. The molecule has 30 heavy (non-hydrogen) atoms. The number of hydrogen-bond acceptors (Lipinski definition) is 3. The first-order valence-corrected chi connectivity index (χ1v) is 11.1. The third-order valence-electron chi connectivity index (χ3n) is 6.45. The second-order valence-electron chi connectivity index (χ2n) is 8.48. The molecule has 0 radical (unpaired) electrons. The summed E-state index contributed by atoms with van der Waals surface area (Å²) in [4.78, 5) is 28.6. The maximum Gasteiger partial charge on any atom is 0.251 e. The van der Waals surface area contributed by atoms with Crippen LogP contribution in [-0.2, 0) is 11.2 Å². The number of carbonyl (C=O) groups is 2. The smallest absolute Gasteiger partial charge is 0.251 e. The molecule has 1 N–H and O–H groups in total. The molecule has 2 amide bonds. The van der Waals surface area contributed by atoms with Gasteiger partial charge < -0.3 is 15.1 Å². The van der Waals surface area contributed by atoms with Gasteiger partial charge in [0.05, 0.1) is 0 Å². The predicted molar refractivity (Wildman–Crippen MR) is 121 cm³/mol. The Hall–Kier alpha value is -2.66. The van der Waals surface area contributed by atoms with Gasteiger partial charge in [-0.2, -0.15) is 0 Å². The second kappa shape index (κ2) is 9.00. The van der Waals surface area contributed by atoms with E-state index in [1.807, 2.05) is 35.2 Å². The number of benzene rings is 2. The van der Waals surface area contributed by atoms with Crippen molar-refractivity contribution in [2.45, 2.75) is 45.6 Å². The van der Waals surface area contributed by atoms with Crippen molar-refractivity contribution in [1.82, 2.24) is 10.2 Å². The molecule has 2 aliphatic rings. The van der Waals surface area contributed by atoms with Crippen molar-refractivity contribution < 1.29 is 9.59 Å². The van der Waals surface area contributed by atoms with E-state index in [2.05, 4.69) is 29.3 Å². The summed E-state index contributed by atoms with van der Waals surface area (Å²) in [7, 11) is 0. The highest BCUT2D eigenvalue weighted by atomic mass is 16.2. The van der Waals surface area contributed by atoms with Gasteiger partial charge in [0.15, 0.2) is 0 Å². The van der Waals surface area contributed by atoms with Crippen LogP contribution < -0.4 is 10.2 Å². The zero-order valence-electron chi connectivity index (χ0n) is 18.0. The van der Waals surface area contributed by atoms with Crippen molar-refractivity contribution in [3.63, 3.8) is 0 Å². The highest BCUT2D eigenvalue weighted by Crippen LogP contribution is 2.32. The largest absolute Gasteiger partial charge is 0.352 e. The SMILES string of the molecule is CC(=O)N1CCc2cc(-c3ccc(C(=O)NCC[C@@H](C)N4CCCC4)cc3)ccc21. The molecule has 0 aliphatic carbocycles. The molecule has 1 atom stereocenters. The van der Waals surface area contributed by atoms with E-state index in [9.17, 15) is 9.59 Å². The van der Waals surface area contributed by atoms with Gasteiger partial charge >= 0.3 is 0 Å². The molecule has 0 bridgehead atoms. The number of nitrogens with one attached hydrogen (secondary N) is 1. The summed E-state index contributed by atoms with van der Waals surface area (Å²) in [5.74, 6) is 0.0768. The van der Waals surface area contributed by atoms with Crippen molar-refractivity contribution in [2.75, 3.05) is 31.1 Å². The molecule has 2 heterocycles. The summed E-state index contributed by atoms with van der Waals surface area (Å²) in [6, 6.07) is 14.5. The molecule has 0 saturated carbocycles. The summed E-state index contributed by atoms with van der Waals surface area (Å²) in [6.45, 7) is 7.69. The lowest BCUT2D eigenvalue weighted by Gasteiger charge is -2.23. The molecule has 2 aliphatic heterocycles. The first-order chi connectivity index (χ1) is 14.5. The van der Waals surface area contributed by atoms with Gasteiger partial charge in [0, 0.05) is 37.3 Å². The fourth-order valence-electron chi connectivity index (χ4n) is 4.58. The molecule has 1 saturated heterocycles. The van der Waals surface area contributed by atoms with Crippen LogP contribution in [0.15, 0.2) is 42.5 Å². The van der Waals surface area contributed by atoms with Crippen molar-refractivity contribution in [3.8, 4) is 11.1 Å². The van der Waals surface area contributed by atoms with Crippen LogP contribution in [0.3, 0.4) is 0 Å². The summed E-state index contributed by atoms with van der Waals surface area (Å²) >= 11 is 0. The van der Waals surface area contributed by atoms with E-state index >= 15 is 0 Å². The van der Waals surface area contributed by atoms with Gasteiger partial charge in [-0.25, -0.2) is 0 Å². The minimum atomic E-state index is -0.0128. The number of anilines is 1. The Morgan fingerprint density at radius 2 is 1.70 bits per heavy atom. The minimum Gasteiger partial charge on any atom is -0.352 e. The Labute approximate surface area is 179 Å². The monoisotopic (exact) mass is 405 g/mol. The molecular formula is C25H31N3O2. The number of rotatable bonds is 6. The molecule has 2 aromatic rings. The van der Waals surface area contributed by atoms with Gasteiger partial charge in [-0.3, -0.25) is 9.59 Å². The van der Waals surface area contributed by atoms with Crippen LogP contribution in [-0.4, -0.2) is 48.9 Å². The standard InChI is InChI=1S/C25H31N3O2/c1-18(27-14-3-4-15-27)11-13-26-25(30)21-7-5-20(6-8-21)22-9-10-24-23(17-22)12-16-28(24)19(2)29/h5-10,17-18H,3-4,11-16H2,1-2H3,(H,26,30)/t18-/m1/s1. The van der Waals surface area contributed by atoms with Gasteiger partial charge in [0.25, 0.3) is 5.91 Å². The first-order valence-electron chi connectivity index (χ1n) is 11.1. The van der Waals surface area contributed by atoms with Gasteiger partial charge in [0.1, 0.15) is 0 Å².